The van der Waals surface area contributed by atoms with Gasteiger partial charge in [-0.15, -0.1) is 11.3 Å². The first-order chi connectivity index (χ1) is 7.31. The summed E-state index contributed by atoms with van der Waals surface area (Å²) in [6.07, 6.45) is -2.79. The van der Waals surface area contributed by atoms with E-state index in [1.165, 1.54) is 0 Å². The lowest BCUT2D eigenvalue weighted by atomic mass is 10.00. The molecule has 0 amide bonds. The third-order valence-electron chi connectivity index (χ3n) is 2.44. The summed E-state index contributed by atoms with van der Waals surface area (Å²) in [5.74, 6) is 0.438. The van der Waals surface area contributed by atoms with Crippen LogP contribution >= 0.6 is 23.1 Å². The number of rotatable bonds is 1. The standard InChI is InChI=1S/C9H10F3NOS2/c1-5-2-8(14,4-15-5)6-3-13-7(16-6)9(10,11)12/h3,5,14H,2,4H2,1H3. The van der Waals surface area contributed by atoms with Gasteiger partial charge in [0.05, 0.1) is 4.88 Å². The smallest absolute Gasteiger partial charge is 0.383 e. The maximum Gasteiger partial charge on any atom is 0.443 e. The summed E-state index contributed by atoms with van der Waals surface area (Å²) >= 11 is 2.10. The maximum atomic E-state index is 12.4. The molecular weight excluding hydrogens is 259 g/mol. The highest BCUT2D eigenvalue weighted by atomic mass is 32.2. The molecule has 1 N–H and O–H groups in total. The third-order valence-corrected chi connectivity index (χ3v) is 5.05. The van der Waals surface area contributed by atoms with E-state index in [1.54, 1.807) is 11.8 Å². The van der Waals surface area contributed by atoms with E-state index in [-0.39, 0.29) is 5.25 Å². The van der Waals surface area contributed by atoms with E-state index >= 15 is 0 Å². The summed E-state index contributed by atoms with van der Waals surface area (Å²) in [5.41, 5.74) is -1.13. The van der Waals surface area contributed by atoms with E-state index in [2.05, 4.69) is 4.98 Å². The van der Waals surface area contributed by atoms with Crippen LogP contribution < -0.4 is 0 Å². The van der Waals surface area contributed by atoms with E-state index in [9.17, 15) is 18.3 Å². The zero-order valence-electron chi connectivity index (χ0n) is 8.41. The second kappa shape index (κ2) is 3.89. The van der Waals surface area contributed by atoms with Gasteiger partial charge in [-0.2, -0.15) is 24.9 Å². The third kappa shape index (κ3) is 2.21. The molecule has 2 heterocycles. The van der Waals surface area contributed by atoms with Crippen molar-refractivity contribution >= 4 is 23.1 Å². The number of thiazole rings is 1. The fourth-order valence-electron chi connectivity index (χ4n) is 1.67. The summed E-state index contributed by atoms with van der Waals surface area (Å²) in [6, 6.07) is 0. The molecule has 0 aromatic carbocycles. The van der Waals surface area contributed by atoms with Gasteiger partial charge in [-0.1, -0.05) is 6.92 Å². The molecule has 7 heteroatoms. The Labute approximate surface area is 98.9 Å². The Hall–Kier alpha value is -0.270. The molecule has 1 saturated heterocycles. The molecule has 1 aromatic rings. The van der Waals surface area contributed by atoms with Crippen LogP contribution in [0.25, 0.3) is 0 Å². The number of hydrogen-bond acceptors (Lipinski definition) is 4. The van der Waals surface area contributed by atoms with Gasteiger partial charge in [0, 0.05) is 17.2 Å². The van der Waals surface area contributed by atoms with Crippen molar-refractivity contribution < 1.29 is 18.3 Å². The first kappa shape index (κ1) is 12.2. The highest BCUT2D eigenvalue weighted by Gasteiger charge is 2.42. The summed E-state index contributed by atoms with van der Waals surface area (Å²) < 4.78 is 37.1. The molecule has 1 aromatic heterocycles. The maximum absolute atomic E-state index is 12.4. The highest BCUT2D eigenvalue weighted by Crippen LogP contribution is 2.44. The van der Waals surface area contributed by atoms with Crippen LogP contribution in [0.5, 0.6) is 0 Å². The van der Waals surface area contributed by atoms with Gasteiger partial charge in [0.15, 0.2) is 5.01 Å². The molecule has 1 aliphatic heterocycles. The summed E-state index contributed by atoms with van der Waals surface area (Å²) in [4.78, 5) is 3.64. The molecule has 2 unspecified atom stereocenters. The largest absolute Gasteiger partial charge is 0.443 e. The fourth-order valence-corrected chi connectivity index (χ4v) is 3.86. The normalized spacial score (nSPS) is 30.9. The van der Waals surface area contributed by atoms with Crippen molar-refractivity contribution in [3.8, 4) is 0 Å². The second-order valence-corrected chi connectivity index (χ2v) is 6.34. The Bertz CT molecular complexity index is 392. The van der Waals surface area contributed by atoms with Crippen molar-refractivity contribution in [1.82, 2.24) is 4.98 Å². The monoisotopic (exact) mass is 269 g/mol. The van der Waals surface area contributed by atoms with Crippen LogP contribution in [0.1, 0.15) is 23.2 Å². The number of hydrogen-bond donors (Lipinski definition) is 1. The summed E-state index contributed by atoms with van der Waals surface area (Å²) in [7, 11) is 0. The number of halogens is 3. The molecule has 2 nitrogen and oxygen atoms in total. The lowest BCUT2D eigenvalue weighted by Crippen LogP contribution is -2.24. The molecular formula is C9H10F3NOS2. The summed E-state index contributed by atoms with van der Waals surface area (Å²) in [6.45, 7) is 1.95. The Morgan fingerprint density at radius 2 is 2.25 bits per heavy atom. The van der Waals surface area contributed by atoms with Crippen LogP contribution in [0.3, 0.4) is 0 Å². The number of aromatic nitrogens is 1. The van der Waals surface area contributed by atoms with Crippen molar-refractivity contribution in [3.05, 3.63) is 16.1 Å². The average Bonchev–Trinajstić information content (AvgIpc) is 2.71. The number of nitrogens with zero attached hydrogens (tertiary/aromatic N) is 1. The van der Waals surface area contributed by atoms with Crippen molar-refractivity contribution in [2.75, 3.05) is 5.75 Å². The van der Waals surface area contributed by atoms with Crippen molar-refractivity contribution in [1.29, 1.82) is 0 Å². The zero-order valence-corrected chi connectivity index (χ0v) is 10.0. The van der Waals surface area contributed by atoms with Gasteiger partial charge in [0.2, 0.25) is 0 Å². The molecule has 0 spiro atoms. The van der Waals surface area contributed by atoms with Crippen LogP contribution in [0.2, 0.25) is 0 Å². The predicted molar refractivity (Wildman–Crippen MR) is 57.5 cm³/mol. The van der Waals surface area contributed by atoms with Gasteiger partial charge in [-0.25, -0.2) is 4.98 Å². The van der Waals surface area contributed by atoms with E-state index in [4.69, 9.17) is 0 Å². The quantitative estimate of drug-likeness (QED) is 0.851. The van der Waals surface area contributed by atoms with Crippen molar-refractivity contribution in [3.63, 3.8) is 0 Å². The molecule has 90 valence electrons. The zero-order chi connectivity index (χ0) is 12.0. The minimum Gasteiger partial charge on any atom is -0.383 e. The van der Waals surface area contributed by atoms with Gasteiger partial charge in [0.1, 0.15) is 5.60 Å². The molecule has 0 saturated carbocycles. The molecule has 1 aliphatic rings. The molecule has 2 rings (SSSR count). The van der Waals surface area contributed by atoms with Crippen LogP contribution in [0.15, 0.2) is 6.20 Å². The Morgan fingerprint density at radius 1 is 1.56 bits per heavy atom. The van der Waals surface area contributed by atoms with E-state index in [1.807, 2.05) is 6.92 Å². The SMILES string of the molecule is CC1CC(O)(c2cnc(C(F)(F)F)s2)CS1. The van der Waals surface area contributed by atoms with E-state index < -0.39 is 16.8 Å². The second-order valence-electron chi connectivity index (χ2n) is 3.88. The van der Waals surface area contributed by atoms with Gasteiger partial charge >= 0.3 is 6.18 Å². The first-order valence-electron chi connectivity index (χ1n) is 4.69. The molecule has 0 bridgehead atoms. The molecule has 16 heavy (non-hydrogen) atoms. The van der Waals surface area contributed by atoms with Crippen LogP contribution in [-0.2, 0) is 11.8 Å². The Balaban J connectivity index is 2.25. The lowest BCUT2D eigenvalue weighted by molar-refractivity contribution is -0.137. The number of aliphatic hydroxyl groups is 1. The van der Waals surface area contributed by atoms with Crippen LogP contribution in [0, 0.1) is 0 Å². The van der Waals surface area contributed by atoms with Gasteiger partial charge in [-0.05, 0) is 6.42 Å². The topological polar surface area (TPSA) is 33.1 Å². The number of thioether (sulfide) groups is 1. The number of alkyl halides is 3. The van der Waals surface area contributed by atoms with Crippen LogP contribution in [0.4, 0.5) is 13.2 Å². The Morgan fingerprint density at radius 3 is 2.69 bits per heavy atom. The fraction of sp³-hybridized carbons (Fsp3) is 0.667. The molecule has 0 aliphatic carbocycles. The van der Waals surface area contributed by atoms with E-state index in [0.29, 0.717) is 28.4 Å². The van der Waals surface area contributed by atoms with Crippen molar-refractivity contribution in [2.45, 2.75) is 30.4 Å². The van der Waals surface area contributed by atoms with Crippen molar-refractivity contribution in [2.24, 2.45) is 0 Å². The molecule has 2 atom stereocenters. The highest BCUT2D eigenvalue weighted by molar-refractivity contribution is 8.00. The lowest BCUT2D eigenvalue weighted by Gasteiger charge is -2.18. The minimum absolute atomic E-state index is 0.265. The predicted octanol–water partition coefficient (Wildman–Crippen LogP) is 2.87. The van der Waals surface area contributed by atoms with Gasteiger partial charge < -0.3 is 5.11 Å². The Kier molecular flexibility index (Phi) is 2.96. The minimum atomic E-state index is -4.42. The molecule has 1 fully saturated rings. The first-order valence-corrected chi connectivity index (χ1v) is 6.55. The molecule has 0 radical (unpaired) electrons. The van der Waals surface area contributed by atoms with Gasteiger partial charge in [-0.3, -0.25) is 0 Å². The van der Waals surface area contributed by atoms with E-state index in [0.717, 1.165) is 6.20 Å². The van der Waals surface area contributed by atoms with Gasteiger partial charge in [0.25, 0.3) is 0 Å². The van der Waals surface area contributed by atoms with Crippen LogP contribution in [-0.4, -0.2) is 21.1 Å². The summed E-state index contributed by atoms with van der Waals surface area (Å²) in [5, 5.41) is 9.57. The average molecular weight is 269 g/mol.